The van der Waals surface area contributed by atoms with Crippen molar-refractivity contribution in [3.8, 4) is 0 Å². The molecule has 0 unspecified atom stereocenters. The molecule has 0 spiro atoms. The Morgan fingerprint density at radius 1 is 1.42 bits per heavy atom. The Morgan fingerprint density at radius 3 is 2.74 bits per heavy atom. The van der Waals surface area contributed by atoms with Crippen molar-refractivity contribution in [3.63, 3.8) is 0 Å². The van der Waals surface area contributed by atoms with Gasteiger partial charge in [-0.15, -0.1) is 0 Å². The van der Waals surface area contributed by atoms with E-state index in [1.165, 1.54) is 0 Å². The Balaban J connectivity index is 2.14. The Bertz CT molecular complexity index is 505. The zero-order valence-corrected chi connectivity index (χ0v) is 11.7. The van der Waals surface area contributed by atoms with E-state index in [-0.39, 0.29) is 24.8 Å². The molecular weight excluding hydrogens is 244 g/mol. The van der Waals surface area contributed by atoms with Gasteiger partial charge < -0.3 is 14.2 Å². The molecule has 1 saturated heterocycles. The number of aromatic nitrogens is 1. The standard InChI is InChI=1S/C14H20N2O3/c1-4-16-10(2)7-12(11(16)3)13(17)8-15-5-6-19-9-14(15)18/h7H,4-6,8-9H2,1-3H3. The van der Waals surface area contributed by atoms with E-state index in [0.29, 0.717) is 13.2 Å². The topological polar surface area (TPSA) is 51.5 Å². The Labute approximate surface area is 113 Å². The summed E-state index contributed by atoms with van der Waals surface area (Å²) in [6.45, 7) is 8.08. The molecule has 0 N–H and O–H groups in total. The molecule has 5 heteroatoms. The Kier molecular flexibility index (Phi) is 4.04. The summed E-state index contributed by atoms with van der Waals surface area (Å²) < 4.78 is 7.16. The van der Waals surface area contributed by atoms with Gasteiger partial charge in [0, 0.05) is 30.0 Å². The van der Waals surface area contributed by atoms with Crippen LogP contribution in [0.25, 0.3) is 0 Å². The van der Waals surface area contributed by atoms with Gasteiger partial charge in [0.2, 0.25) is 5.91 Å². The van der Waals surface area contributed by atoms with Gasteiger partial charge in [-0.25, -0.2) is 0 Å². The highest BCUT2D eigenvalue weighted by Gasteiger charge is 2.23. The first-order valence-corrected chi connectivity index (χ1v) is 6.60. The van der Waals surface area contributed by atoms with Crippen LogP contribution in [0, 0.1) is 13.8 Å². The van der Waals surface area contributed by atoms with E-state index >= 15 is 0 Å². The van der Waals surface area contributed by atoms with E-state index in [2.05, 4.69) is 11.5 Å². The molecule has 2 rings (SSSR count). The lowest BCUT2D eigenvalue weighted by Gasteiger charge is -2.26. The minimum Gasteiger partial charge on any atom is -0.370 e. The molecular formula is C14H20N2O3. The summed E-state index contributed by atoms with van der Waals surface area (Å²) in [4.78, 5) is 25.5. The van der Waals surface area contributed by atoms with Crippen LogP contribution in [0.3, 0.4) is 0 Å². The zero-order valence-electron chi connectivity index (χ0n) is 11.7. The quantitative estimate of drug-likeness (QED) is 0.767. The van der Waals surface area contributed by atoms with E-state index in [0.717, 1.165) is 23.5 Å². The molecule has 0 aliphatic carbocycles. The maximum absolute atomic E-state index is 12.3. The normalized spacial score (nSPS) is 15.9. The van der Waals surface area contributed by atoms with Crippen LogP contribution in [-0.2, 0) is 16.1 Å². The molecule has 2 heterocycles. The maximum Gasteiger partial charge on any atom is 0.249 e. The van der Waals surface area contributed by atoms with Crippen molar-refractivity contribution >= 4 is 11.7 Å². The largest absolute Gasteiger partial charge is 0.370 e. The van der Waals surface area contributed by atoms with Gasteiger partial charge in [0.15, 0.2) is 5.78 Å². The van der Waals surface area contributed by atoms with Crippen LogP contribution in [-0.4, -0.2) is 47.5 Å². The van der Waals surface area contributed by atoms with Crippen molar-refractivity contribution in [1.29, 1.82) is 0 Å². The van der Waals surface area contributed by atoms with Gasteiger partial charge in [0.1, 0.15) is 6.61 Å². The van der Waals surface area contributed by atoms with Gasteiger partial charge >= 0.3 is 0 Å². The number of ketones is 1. The summed E-state index contributed by atoms with van der Waals surface area (Å²) in [6.07, 6.45) is 0. The molecule has 1 fully saturated rings. The summed E-state index contributed by atoms with van der Waals surface area (Å²) in [5.41, 5.74) is 2.78. The SMILES string of the molecule is CCn1c(C)cc(C(=O)CN2CCOCC2=O)c1C. The molecule has 1 amide bonds. The molecule has 19 heavy (non-hydrogen) atoms. The minimum absolute atomic E-state index is 0.00282. The number of carbonyl (C=O) groups excluding carboxylic acids is 2. The van der Waals surface area contributed by atoms with Crippen LogP contribution in [0.15, 0.2) is 6.07 Å². The Hall–Kier alpha value is -1.62. The second-order valence-electron chi connectivity index (χ2n) is 4.82. The first-order chi connectivity index (χ1) is 9.04. The van der Waals surface area contributed by atoms with Crippen LogP contribution in [0.4, 0.5) is 0 Å². The summed E-state index contributed by atoms with van der Waals surface area (Å²) in [5.74, 6) is -0.105. The average molecular weight is 264 g/mol. The number of rotatable bonds is 4. The first kappa shape index (κ1) is 13.8. The minimum atomic E-state index is -0.108. The number of nitrogens with zero attached hydrogens (tertiary/aromatic N) is 2. The molecule has 0 radical (unpaired) electrons. The molecule has 1 aromatic rings. The van der Waals surface area contributed by atoms with Gasteiger partial charge in [-0.05, 0) is 26.8 Å². The molecule has 0 atom stereocenters. The predicted molar refractivity (Wildman–Crippen MR) is 71.3 cm³/mol. The van der Waals surface area contributed by atoms with Crippen molar-refractivity contribution in [1.82, 2.24) is 9.47 Å². The number of Topliss-reactive ketones (excluding diaryl/α,β-unsaturated/α-hetero) is 1. The highest BCUT2D eigenvalue weighted by molar-refractivity contribution is 6.00. The summed E-state index contributed by atoms with van der Waals surface area (Å²) in [6, 6.07) is 1.91. The van der Waals surface area contributed by atoms with Crippen LogP contribution < -0.4 is 0 Å². The molecule has 5 nitrogen and oxygen atoms in total. The number of hydrogen-bond acceptors (Lipinski definition) is 3. The fourth-order valence-electron chi connectivity index (χ4n) is 2.55. The smallest absolute Gasteiger partial charge is 0.249 e. The van der Waals surface area contributed by atoms with Crippen LogP contribution in [0.2, 0.25) is 0 Å². The second-order valence-corrected chi connectivity index (χ2v) is 4.82. The van der Waals surface area contributed by atoms with E-state index in [4.69, 9.17) is 4.74 Å². The maximum atomic E-state index is 12.3. The number of ether oxygens (including phenoxy) is 1. The van der Waals surface area contributed by atoms with Crippen molar-refractivity contribution < 1.29 is 14.3 Å². The monoisotopic (exact) mass is 264 g/mol. The van der Waals surface area contributed by atoms with Crippen LogP contribution >= 0.6 is 0 Å². The second kappa shape index (κ2) is 5.57. The highest BCUT2D eigenvalue weighted by atomic mass is 16.5. The lowest BCUT2D eigenvalue weighted by molar-refractivity contribution is -0.141. The molecule has 1 aliphatic heterocycles. The first-order valence-electron chi connectivity index (χ1n) is 6.60. The molecule has 1 aromatic heterocycles. The van der Waals surface area contributed by atoms with Crippen molar-refractivity contribution in [2.45, 2.75) is 27.3 Å². The van der Waals surface area contributed by atoms with Crippen LogP contribution in [0.5, 0.6) is 0 Å². The number of morpholine rings is 1. The number of hydrogen-bond donors (Lipinski definition) is 0. The molecule has 1 aliphatic rings. The Morgan fingerprint density at radius 2 is 2.16 bits per heavy atom. The van der Waals surface area contributed by atoms with E-state index in [1.54, 1.807) is 4.90 Å². The molecule has 0 bridgehead atoms. The van der Waals surface area contributed by atoms with Gasteiger partial charge in [0.25, 0.3) is 0 Å². The summed E-state index contributed by atoms with van der Waals surface area (Å²) >= 11 is 0. The van der Waals surface area contributed by atoms with E-state index in [1.807, 2.05) is 19.9 Å². The third-order valence-electron chi connectivity index (χ3n) is 3.61. The predicted octanol–water partition coefficient (Wildman–Crippen LogP) is 1.17. The van der Waals surface area contributed by atoms with Crippen molar-refractivity contribution in [3.05, 3.63) is 23.0 Å². The highest BCUT2D eigenvalue weighted by Crippen LogP contribution is 2.16. The van der Waals surface area contributed by atoms with Gasteiger partial charge in [0.05, 0.1) is 13.2 Å². The van der Waals surface area contributed by atoms with E-state index in [9.17, 15) is 9.59 Å². The van der Waals surface area contributed by atoms with Crippen LogP contribution in [0.1, 0.15) is 28.7 Å². The van der Waals surface area contributed by atoms with Gasteiger partial charge in [-0.3, -0.25) is 9.59 Å². The fourth-order valence-corrected chi connectivity index (χ4v) is 2.55. The number of amides is 1. The molecule has 104 valence electrons. The lowest BCUT2D eigenvalue weighted by Crippen LogP contribution is -2.44. The fraction of sp³-hybridized carbons (Fsp3) is 0.571. The number of aryl methyl sites for hydroxylation is 1. The van der Waals surface area contributed by atoms with Crippen molar-refractivity contribution in [2.75, 3.05) is 26.3 Å². The summed E-state index contributed by atoms with van der Waals surface area (Å²) in [5, 5.41) is 0. The third-order valence-corrected chi connectivity index (χ3v) is 3.61. The lowest BCUT2D eigenvalue weighted by atomic mass is 10.1. The molecule has 0 aromatic carbocycles. The van der Waals surface area contributed by atoms with Crippen molar-refractivity contribution in [2.24, 2.45) is 0 Å². The van der Waals surface area contributed by atoms with E-state index < -0.39 is 0 Å². The summed E-state index contributed by atoms with van der Waals surface area (Å²) in [7, 11) is 0. The van der Waals surface area contributed by atoms with Gasteiger partial charge in [-0.2, -0.15) is 0 Å². The van der Waals surface area contributed by atoms with Gasteiger partial charge in [-0.1, -0.05) is 0 Å². The zero-order chi connectivity index (χ0) is 14.0. The average Bonchev–Trinajstić information content (AvgIpc) is 2.67. The third kappa shape index (κ3) is 2.71. The number of carbonyl (C=O) groups is 2. The molecule has 0 saturated carbocycles.